The molecule has 50 heavy (non-hydrogen) atoms. The molecule has 0 aliphatic carbocycles. The van der Waals surface area contributed by atoms with Crippen LogP contribution in [0.3, 0.4) is 0 Å². The molecule has 8 nitrogen and oxygen atoms in total. The third-order valence-corrected chi connectivity index (χ3v) is 11.2. The van der Waals surface area contributed by atoms with Gasteiger partial charge in [0.2, 0.25) is 5.95 Å². The van der Waals surface area contributed by atoms with Gasteiger partial charge in [0.05, 0.1) is 27.7 Å². The van der Waals surface area contributed by atoms with Crippen molar-refractivity contribution in [1.29, 1.82) is 0 Å². The predicted octanol–water partition coefficient (Wildman–Crippen LogP) is 7.70. The normalized spacial score (nSPS) is 14.3. The molecule has 0 amide bonds. The van der Waals surface area contributed by atoms with Gasteiger partial charge in [0.15, 0.2) is 15.5 Å². The second kappa shape index (κ2) is 14.4. The maximum absolute atomic E-state index is 15.2. The number of hydrogen-bond acceptors (Lipinski definition) is 9. The highest BCUT2D eigenvalue weighted by Gasteiger charge is 2.29. The molecular weight excluding hydrogens is 696 g/mol. The molecular formula is C35H33F5N6O2S2. The number of benzene rings is 3. The Hall–Kier alpha value is -4.47. The van der Waals surface area contributed by atoms with E-state index in [1.165, 1.54) is 38.2 Å². The lowest BCUT2D eigenvalue weighted by Gasteiger charge is -2.35. The van der Waals surface area contributed by atoms with Crippen LogP contribution >= 0.6 is 11.3 Å². The van der Waals surface area contributed by atoms with Crippen LogP contribution in [-0.4, -0.2) is 67.7 Å². The quantitative estimate of drug-likeness (QED) is 0.139. The van der Waals surface area contributed by atoms with Gasteiger partial charge in [-0.25, -0.2) is 45.3 Å². The van der Waals surface area contributed by atoms with E-state index in [4.69, 9.17) is 0 Å². The van der Waals surface area contributed by atoms with E-state index in [0.29, 0.717) is 65.9 Å². The molecule has 0 spiro atoms. The standard InChI is InChI=1S/C35H33F5N6O2S2/c1-35(2,40)33-44-30(23-6-3-5-22(19-23)21-50(47,48)32-25(37)7-4-8-26(32)38)31(49-33)28-11-13-41-34(43-28)42-24-9-10-29(27(39)20-24)46-17-15-45(14-12-36)16-18-46/h3-11,13,19-20H,12,14-18,21H2,1-2H3,(H,41,42,43). The number of alkyl halides is 2. The van der Waals surface area contributed by atoms with Crippen LogP contribution in [0.25, 0.3) is 21.8 Å². The van der Waals surface area contributed by atoms with Crippen molar-refractivity contribution >= 4 is 38.5 Å². The number of halogens is 5. The first-order chi connectivity index (χ1) is 23.8. The number of nitrogens with zero attached hydrogens (tertiary/aromatic N) is 5. The lowest BCUT2D eigenvalue weighted by atomic mass is 10.1. The summed E-state index contributed by atoms with van der Waals surface area (Å²) >= 11 is 1.06. The zero-order valence-electron chi connectivity index (χ0n) is 27.1. The lowest BCUT2D eigenvalue weighted by Crippen LogP contribution is -2.47. The average Bonchev–Trinajstić information content (AvgIpc) is 3.52. The molecule has 5 aromatic rings. The minimum atomic E-state index is -4.41. The molecule has 1 saturated heterocycles. The van der Waals surface area contributed by atoms with Crippen molar-refractivity contribution in [2.45, 2.75) is 30.2 Å². The first kappa shape index (κ1) is 35.4. The smallest absolute Gasteiger partial charge is 0.227 e. The second-order valence-electron chi connectivity index (χ2n) is 12.3. The summed E-state index contributed by atoms with van der Waals surface area (Å²) in [7, 11) is -4.41. The SMILES string of the molecule is CC(C)(F)c1nc(-c2cccc(CS(=O)(=O)c3c(F)cccc3F)c2)c(-c2ccnc(Nc3ccc(N4CCN(CCF)CC4)c(F)c3)n2)s1. The minimum absolute atomic E-state index is 0.140. The zero-order valence-corrected chi connectivity index (χ0v) is 28.8. The largest absolute Gasteiger partial charge is 0.367 e. The zero-order chi connectivity index (χ0) is 35.6. The van der Waals surface area contributed by atoms with Crippen molar-refractivity contribution in [3.8, 4) is 21.8 Å². The number of piperazine rings is 1. The first-order valence-corrected chi connectivity index (χ1v) is 18.2. The predicted molar refractivity (Wildman–Crippen MR) is 184 cm³/mol. The Morgan fingerprint density at radius 3 is 2.30 bits per heavy atom. The number of thiazole rings is 1. The molecule has 0 atom stereocenters. The number of nitrogens with one attached hydrogen (secondary N) is 1. The Labute approximate surface area is 290 Å². The Kier molecular flexibility index (Phi) is 10.2. The highest BCUT2D eigenvalue weighted by atomic mass is 32.2. The van der Waals surface area contributed by atoms with Gasteiger partial charge < -0.3 is 10.2 Å². The molecule has 1 aliphatic rings. The van der Waals surface area contributed by atoms with Gasteiger partial charge in [0.25, 0.3) is 0 Å². The number of anilines is 3. The summed E-state index contributed by atoms with van der Waals surface area (Å²) in [6.45, 7) is 5.10. The average molecular weight is 729 g/mol. The summed E-state index contributed by atoms with van der Waals surface area (Å²) < 4.78 is 98.0. The third-order valence-electron chi connectivity index (χ3n) is 8.13. The van der Waals surface area contributed by atoms with Gasteiger partial charge in [0, 0.05) is 50.2 Å². The van der Waals surface area contributed by atoms with Crippen LogP contribution < -0.4 is 10.2 Å². The number of sulfone groups is 1. The summed E-state index contributed by atoms with van der Waals surface area (Å²) in [5.41, 5.74) is 0.379. The molecule has 262 valence electrons. The van der Waals surface area contributed by atoms with Crippen molar-refractivity contribution in [3.05, 3.63) is 101 Å². The van der Waals surface area contributed by atoms with Gasteiger partial charge >= 0.3 is 0 Å². The Morgan fingerprint density at radius 2 is 1.62 bits per heavy atom. The Morgan fingerprint density at radius 1 is 0.900 bits per heavy atom. The fraction of sp³-hybridized carbons (Fsp3) is 0.286. The van der Waals surface area contributed by atoms with E-state index >= 15 is 8.78 Å². The molecule has 1 fully saturated rings. The van der Waals surface area contributed by atoms with E-state index < -0.39 is 50.3 Å². The maximum Gasteiger partial charge on any atom is 0.227 e. The van der Waals surface area contributed by atoms with Crippen LogP contribution in [-0.2, 0) is 21.3 Å². The molecule has 0 saturated carbocycles. The number of hydrogen-bond donors (Lipinski definition) is 1. The molecule has 0 radical (unpaired) electrons. The van der Waals surface area contributed by atoms with Crippen LogP contribution in [0.5, 0.6) is 0 Å². The fourth-order valence-electron chi connectivity index (χ4n) is 5.67. The van der Waals surface area contributed by atoms with E-state index in [0.717, 1.165) is 29.5 Å². The van der Waals surface area contributed by atoms with Crippen LogP contribution in [0, 0.1) is 17.5 Å². The summed E-state index contributed by atoms with van der Waals surface area (Å²) in [6, 6.07) is 15.4. The Bertz CT molecular complexity index is 2090. The fourth-order valence-corrected chi connectivity index (χ4v) is 8.22. The van der Waals surface area contributed by atoms with E-state index in [2.05, 4.69) is 20.3 Å². The summed E-state index contributed by atoms with van der Waals surface area (Å²) in [5, 5.41) is 3.16. The van der Waals surface area contributed by atoms with Crippen molar-refractivity contribution in [2.75, 3.05) is 49.6 Å². The molecule has 6 rings (SSSR count). The van der Waals surface area contributed by atoms with E-state index in [1.807, 2.05) is 9.80 Å². The van der Waals surface area contributed by atoms with E-state index in [9.17, 15) is 21.6 Å². The van der Waals surface area contributed by atoms with E-state index in [-0.39, 0.29) is 16.5 Å². The first-order valence-electron chi connectivity index (χ1n) is 15.7. The minimum Gasteiger partial charge on any atom is -0.367 e. The lowest BCUT2D eigenvalue weighted by molar-refractivity contribution is 0.221. The molecule has 0 bridgehead atoms. The molecule has 2 aromatic heterocycles. The van der Waals surface area contributed by atoms with Gasteiger partial charge in [-0.05, 0) is 61.9 Å². The molecule has 1 aliphatic heterocycles. The van der Waals surface area contributed by atoms with E-state index in [1.54, 1.807) is 30.3 Å². The molecule has 0 unspecified atom stereocenters. The highest BCUT2D eigenvalue weighted by molar-refractivity contribution is 7.90. The van der Waals surface area contributed by atoms with Crippen LogP contribution in [0.15, 0.2) is 77.8 Å². The Balaban J connectivity index is 1.27. The van der Waals surface area contributed by atoms with Crippen LogP contribution in [0.4, 0.5) is 39.3 Å². The van der Waals surface area contributed by atoms with Gasteiger partial charge in [-0.3, -0.25) is 4.90 Å². The monoisotopic (exact) mass is 728 g/mol. The molecule has 3 heterocycles. The molecule has 1 N–H and O–H groups in total. The van der Waals surface area contributed by atoms with Crippen molar-refractivity contribution in [2.24, 2.45) is 0 Å². The van der Waals surface area contributed by atoms with Gasteiger partial charge in [-0.15, -0.1) is 11.3 Å². The number of rotatable bonds is 11. The third kappa shape index (κ3) is 7.79. The van der Waals surface area contributed by atoms with Gasteiger partial charge in [0.1, 0.15) is 34.0 Å². The summed E-state index contributed by atoms with van der Waals surface area (Å²) in [6.07, 6.45) is 1.49. The summed E-state index contributed by atoms with van der Waals surface area (Å²) in [5.74, 6) is -3.36. The highest BCUT2D eigenvalue weighted by Crippen LogP contribution is 2.41. The van der Waals surface area contributed by atoms with Crippen molar-refractivity contribution < 1.29 is 30.4 Å². The molecule has 15 heteroatoms. The van der Waals surface area contributed by atoms with Crippen molar-refractivity contribution in [3.63, 3.8) is 0 Å². The van der Waals surface area contributed by atoms with Crippen LogP contribution in [0.2, 0.25) is 0 Å². The number of aromatic nitrogens is 3. The second-order valence-corrected chi connectivity index (χ2v) is 15.2. The topological polar surface area (TPSA) is 91.3 Å². The van der Waals surface area contributed by atoms with Crippen molar-refractivity contribution in [1.82, 2.24) is 19.9 Å². The molecule has 3 aromatic carbocycles. The van der Waals surface area contributed by atoms with Gasteiger partial charge in [-0.2, -0.15) is 0 Å². The summed E-state index contributed by atoms with van der Waals surface area (Å²) in [4.78, 5) is 16.8. The van der Waals surface area contributed by atoms with Crippen LogP contribution in [0.1, 0.15) is 24.4 Å². The van der Waals surface area contributed by atoms with Gasteiger partial charge in [-0.1, -0.05) is 24.3 Å². The maximum atomic E-state index is 15.2.